The number of hydrogen-bond acceptors (Lipinski definition) is 7. The number of benzene rings is 2. The first-order chi connectivity index (χ1) is 17.7. The number of aryl methyl sites for hydroxylation is 1. The third kappa shape index (κ3) is 5.55. The average molecular weight is 520 g/mol. The number of para-hydroxylation sites is 1. The molecule has 1 aliphatic rings. The minimum absolute atomic E-state index is 0.440. The van der Waals surface area contributed by atoms with Gasteiger partial charge in [0.1, 0.15) is 0 Å². The Labute approximate surface area is 218 Å². The molecule has 0 unspecified atom stereocenters. The summed E-state index contributed by atoms with van der Waals surface area (Å²) >= 11 is 0. The molecule has 0 amide bonds. The zero-order chi connectivity index (χ0) is 26.2. The van der Waals surface area contributed by atoms with Gasteiger partial charge in [-0.3, -0.25) is 4.72 Å². The van der Waals surface area contributed by atoms with Gasteiger partial charge in [0.05, 0.1) is 23.3 Å². The van der Waals surface area contributed by atoms with Crippen LogP contribution in [-0.2, 0) is 17.1 Å². The van der Waals surface area contributed by atoms with E-state index in [1.165, 1.54) is 6.26 Å². The van der Waals surface area contributed by atoms with E-state index in [1.54, 1.807) is 6.20 Å². The molecule has 0 saturated carbocycles. The van der Waals surface area contributed by atoms with Crippen LogP contribution in [-0.4, -0.2) is 67.3 Å². The molecule has 2 aromatic carbocycles. The minimum atomic E-state index is -3.46. The summed E-state index contributed by atoms with van der Waals surface area (Å²) in [6.45, 7) is 1.73. The molecule has 2 aromatic heterocycles. The van der Waals surface area contributed by atoms with Gasteiger partial charge in [0.25, 0.3) is 0 Å². The van der Waals surface area contributed by atoms with E-state index in [2.05, 4.69) is 61.8 Å². The number of rotatable bonds is 7. The summed E-state index contributed by atoms with van der Waals surface area (Å²) in [5.41, 5.74) is 5.09. The van der Waals surface area contributed by atoms with Crippen LogP contribution in [0.5, 0.6) is 0 Å². The topological polar surface area (TPSA) is 95.4 Å². The van der Waals surface area contributed by atoms with Crippen LogP contribution in [0.4, 0.5) is 23.0 Å². The van der Waals surface area contributed by atoms with Crippen molar-refractivity contribution in [2.75, 3.05) is 48.4 Å². The van der Waals surface area contributed by atoms with Crippen LogP contribution in [0.25, 0.3) is 22.2 Å². The highest BCUT2D eigenvalue weighted by Crippen LogP contribution is 2.34. The van der Waals surface area contributed by atoms with E-state index < -0.39 is 10.0 Å². The Balaban J connectivity index is 1.42. The summed E-state index contributed by atoms with van der Waals surface area (Å²) in [6.07, 6.45) is 7.02. The second kappa shape index (κ2) is 10.0. The third-order valence-electron chi connectivity index (χ3n) is 6.91. The Morgan fingerprint density at radius 1 is 1.05 bits per heavy atom. The number of piperidine rings is 1. The molecule has 10 heteroatoms. The molecule has 0 atom stereocenters. The molecule has 4 aromatic rings. The molecule has 0 bridgehead atoms. The highest BCUT2D eigenvalue weighted by atomic mass is 32.2. The van der Waals surface area contributed by atoms with E-state index in [0.29, 0.717) is 23.4 Å². The number of nitrogens with one attached hydrogen (secondary N) is 2. The predicted molar refractivity (Wildman–Crippen MR) is 151 cm³/mol. The van der Waals surface area contributed by atoms with E-state index >= 15 is 0 Å². The fourth-order valence-electron chi connectivity index (χ4n) is 5.04. The summed E-state index contributed by atoms with van der Waals surface area (Å²) in [6, 6.07) is 16.3. The first-order valence-electron chi connectivity index (χ1n) is 12.4. The van der Waals surface area contributed by atoms with Crippen LogP contribution in [0.1, 0.15) is 12.8 Å². The molecule has 1 saturated heterocycles. The highest BCUT2D eigenvalue weighted by Gasteiger charge is 2.23. The number of nitrogens with zero attached hydrogens (tertiary/aromatic N) is 5. The lowest BCUT2D eigenvalue weighted by Gasteiger charge is -2.37. The van der Waals surface area contributed by atoms with Gasteiger partial charge in [-0.2, -0.15) is 0 Å². The van der Waals surface area contributed by atoms with Crippen molar-refractivity contribution in [3.63, 3.8) is 0 Å². The largest absolute Gasteiger partial charge is 0.370 e. The maximum absolute atomic E-state index is 12.2. The van der Waals surface area contributed by atoms with Gasteiger partial charge in [0.15, 0.2) is 0 Å². The van der Waals surface area contributed by atoms with Gasteiger partial charge in [0, 0.05) is 60.7 Å². The average Bonchev–Trinajstić information content (AvgIpc) is 3.20. The molecule has 0 aliphatic carbocycles. The van der Waals surface area contributed by atoms with Gasteiger partial charge in [-0.25, -0.2) is 18.4 Å². The summed E-state index contributed by atoms with van der Waals surface area (Å²) in [7, 11) is 2.77. The number of aromatic nitrogens is 3. The lowest BCUT2D eigenvalue weighted by molar-refractivity contribution is 0.250. The van der Waals surface area contributed by atoms with Crippen molar-refractivity contribution in [3.05, 3.63) is 60.9 Å². The van der Waals surface area contributed by atoms with Gasteiger partial charge in [-0.15, -0.1) is 0 Å². The van der Waals surface area contributed by atoms with Gasteiger partial charge in [-0.05, 0) is 57.3 Å². The quantitative estimate of drug-likeness (QED) is 0.376. The Hall–Kier alpha value is -3.63. The second-order valence-electron chi connectivity index (χ2n) is 9.85. The van der Waals surface area contributed by atoms with Gasteiger partial charge >= 0.3 is 0 Å². The predicted octanol–water partition coefficient (Wildman–Crippen LogP) is 4.28. The molecule has 1 fully saturated rings. The summed E-state index contributed by atoms with van der Waals surface area (Å²) in [5, 5.41) is 4.38. The molecule has 0 radical (unpaired) electrons. The SMILES string of the molecule is CN(C)C1CCN(c2ccc(Nc3nccc(-c4cn(C)c5ccccc45)n3)cc2NS(C)(=O)=O)CC1. The molecule has 9 nitrogen and oxygen atoms in total. The summed E-state index contributed by atoms with van der Waals surface area (Å²) < 4.78 is 29.1. The second-order valence-corrected chi connectivity index (χ2v) is 11.6. The normalized spacial score (nSPS) is 14.9. The number of hydrogen-bond donors (Lipinski definition) is 2. The maximum Gasteiger partial charge on any atom is 0.229 e. The van der Waals surface area contributed by atoms with Crippen LogP contribution < -0.4 is 14.9 Å². The fraction of sp³-hybridized carbons (Fsp3) is 0.333. The Morgan fingerprint density at radius 2 is 1.81 bits per heavy atom. The molecule has 194 valence electrons. The van der Waals surface area contributed by atoms with Gasteiger partial charge in [0.2, 0.25) is 16.0 Å². The van der Waals surface area contributed by atoms with Crippen molar-refractivity contribution in [1.29, 1.82) is 0 Å². The Kier molecular flexibility index (Phi) is 6.78. The van der Waals surface area contributed by atoms with Crippen molar-refractivity contribution >= 4 is 43.9 Å². The van der Waals surface area contributed by atoms with E-state index in [-0.39, 0.29) is 0 Å². The van der Waals surface area contributed by atoms with E-state index in [4.69, 9.17) is 4.98 Å². The molecule has 5 rings (SSSR count). The summed E-state index contributed by atoms with van der Waals surface area (Å²) in [5.74, 6) is 0.440. The van der Waals surface area contributed by atoms with Crippen LogP contribution >= 0.6 is 0 Å². The molecule has 3 heterocycles. The van der Waals surface area contributed by atoms with Crippen LogP contribution in [0.2, 0.25) is 0 Å². The molecular formula is C27H33N7O2S. The zero-order valence-corrected chi connectivity index (χ0v) is 22.5. The van der Waals surface area contributed by atoms with E-state index in [9.17, 15) is 8.42 Å². The molecule has 1 aliphatic heterocycles. The van der Waals surface area contributed by atoms with Crippen LogP contribution in [0.15, 0.2) is 60.9 Å². The molecule has 37 heavy (non-hydrogen) atoms. The first kappa shape index (κ1) is 25.0. The highest BCUT2D eigenvalue weighted by molar-refractivity contribution is 7.92. The van der Waals surface area contributed by atoms with Gasteiger partial charge in [-0.1, -0.05) is 18.2 Å². The lowest BCUT2D eigenvalue weighted by Crippen LogP contribution is -2.42. The number of fused-ring (bicyclic) bond motifs is 1. The van der Waals surface area contributed by atoms with Crippen molar-refractivity contribution in [2.45, 2.75) is 18.9 Å². The van der Waals surface area contributed by atoms with Crippen molar-refractivity contribution in [1.82, 2.24) is 19.4 Å². The third-order valence-corrected chi connectivity index (χ3v) is 7.50. The maximum atomic E-state index is 12.2. The zero-order valence-electron chi connectivity index (χ0n) is 21.6. The number of anilines is 4. The van der Waals surface area contributed by atoms with E-state index in [1.807, 2.05) is 43.4 Å². The summed E-state index contributed by atoms with van der Waals surface area (Å²) in [4.78, 5) is 13.7. The first-order valence-corrected chi connectivity index (χ1v) is 14.2. The van der Waals surface area contributed by atoms with Crippen molar-refractivity contribution in [3.8, 4) is 11.3 Å². The molecular weight excluding hydrogens is 486 g/mol. The van der Waals surface area contributed by atoms with Crippen LogP contribution in [0.3, 0.4) is 0 Å². The van der Waals surface area contributed by atoms with Crippen LogP contribution in [0, 0.1) is 0 Å². The molecule has 0 spiro atoms. The monoisotopic (exact) mass is 519 g/mol. The van der Waals surface area contributed by atoms with Gasteiger partial charge < -0.3 is 19.7 Å². The van der Waals surface area contributed by atoms with Crippen molar-refractivity contribution in [2.24, 2.45) is 7.05 Å². The Bertz CT molecular complexity index is 1520. The standard InChI is InChI=1S/C27H33N7O2S/c1-32(2)20-12-15-34(16-13-20)26-10-9-19(17-24(26)31-37(4,35)36)29-27-28-14-11-23(30-27)22-18-33(3)25-8-6-5-7-21(22)25/h5-11,14,17-18,20,31H,12-13,15-16H2,1-4H3,(H,28,29,30). The van der Waals surface area contributed by atoms with Crippen molar-refractivity contribution < 1.29 is 8.42 Å². The smallest absolute Gasteiger partial charge is 0.229 e. The lowest BCUT2D eigenvalue weighted by atomic mass is 10.0. The minimum Gasteiger partial charge on any atom is -0.370 e. The molecule has 2 N–H and O–H groups in total. The number of sulfonamides is 1. The fourth-order valence-corrected chi connectivity index (χ4v) is 5.60. The Morgan fingerprint density at radius 3 is 2.54 bits per heavy atom. The van der Waals surface area contributed by atoms with E-state index in [0.717, 1.165) is 53.8 Å².